The molecule has 1 saturated carbocycles. The van der Waals surface area contributed by atoms with Crippen LogP contribution in [0.5, 0.6) is 11.5 Å². The summed E-state index contributed by atoms with van der Waals surface area (Å²) in [6, 6.07) is 1.10. The summed E-state index contributed by atoms with van der Waals surface area (Å²) in [6.07, 6.45) is -1.24. The second kappa shape index (κ2) is 4.08. The van der Waals surface area contributed by atoms with E-state index in [2.05, 4.69) is 0 Å². The molecule has 1 unspecified atom stereocenters. The lowest BCUT2D eigenvalue weighted by molar-refractivity contribution is -0.185. The molecule has 4 atom stereocenters. The number of carbonyl (C=O) groups excluding carboxylic acids is 1. The van der Waals surface area contributed by atoms with Crippen molar-refractivity contribution in [2.24, 2.45) is 0 Å². The van der Waals surface area contributed by atoms with Crippen molar-refractivity contribution in [3.8, 4) is 11.5 Å². The molecule has 0 aromatic heterocycles. The summed E-state index contributed by atoms with van der Waals surface area (Å²) < 4.78 is 66.4. The van der Waals surface area contributed by atoms with Gasteiger partial charge in [-0.15, -0.1) is 0 Å². The summed E-state index contributed by atoms with van der Waals surface area (Å²) >= 11 is 0. The minimum atomic E-state index is -2.74. The van der Waals surface area contributed by atoms with Gasteiger partial charge in [0, 0.05) is 22.1 Å². The summed E-state index contributed by atoms with van der Waals surface area (Å²) in [7, 11) is -2.74. The van der Waals surface area contributed by atoms with E-state index in [1.807, 2.05) is 0 Å². The third-order valence-corrected chi connectivity index (χ3v) is 6.10. The molecule has 1 N–H and O–H groups in total. The average molecular weight is 322 g/mol. The second-order valence-electron chi connectivity index (χ2n) is 6.85. The fourth-order valence-electron chi connectivity index (χ4n) is 5.14. The molecule has 2 aliphatic heterocycles. The van der Waals surface area contributed by atoms with Gasteiger partial charge >= 0.3 is 0 Å². The third-order valence-electron chi connectivity index (χ3n) is 6.10. The number of rotatable bonds is 1. The SMILES string of the molecule is [2H]C([2H])([2H])Oc1ccc2c3c1OC1C(=O)CC[C@]4(O)[C@@]31CCN(C([2H])([2H])[2H])[C@]4([2H])C2. The molecule has 4 aliphatic rings. The Kier molecular flexibility index (Phi) is 1.51. The lowest BCUT2D eigenvalue weighted by Crippen LogP contribution is -2.76. The van der Waals surface area contributed by atoms with Gasteiger partial charge in [-0.2, -0.15) is 0 Å². The van der Waals surface area contributed by atoms with E-state index in [4.69, 9.17) is 17.7 Å². The summed E-state index contributed by atoms with van der Waals surface area (Å²) in [5.41, 5.74) is -2.13. The first-order valence-electron chi connectivity index (χ1n) is 11.3. The molecule has 2 aliphatic carbocycles. The summed E-state index contributed by atoms with van der Waals surface area (Å²) in [6.45, 7) is -2.63. The maximum absolute atomic E-state index is 12.9. The number of Topliss-reactive ketones (excluding diaryl/α,β-unsaturated/α-hetero) is 1. The molecule has 1 spiro atoms. The predicted octanol–water partition coefficient (Wildman–Crippen LogP) is 1.05. The highest BCUT2D eigenvalue weighted by atomic mass is 16.5. The van der Waals surface area contributed by atoms with Crippen LogP contribution in [0, 0.1) is 0 Å². The Labute approximate surface area is 145 Å². The Hall–Kier alpha value is -1.59. The van der Waals surface area contributed by atoms with E-state index >= 15 is 0 Å². The number of ether oxygens (including phenoxy) is 2. The number of carbonyl (C=O) groups is 1. The monoisotopic (exact) mass is 322 g/mol. The van der Waals surface area contributed by atoms with E-state index < -0.39 is 37.2 Å². The number of nitrogens with zero attached hydrogens (tertiary/aromatic N) is 1. The number of hydrogen-bond donors (Lipinski definition) is 1. The third kappa shape index (κ3) is 1.32. The van der Waals surface area contributed by atoms with Gasteiger partial charge < -0.3 is 19.5 Å². The van der Waals surface area contributed by atoms with Crippen LogP contribution < -0.4 is 9.47 Å². The van der Waals surface area contributed by atoms with E-state index in [0.29, 0.717) is 11.1 Å². The first-order chi connectivity index (χ1) is 13.7. The molecule has 0 radical (unpaired) electrons. The van der Waals surface area contributed by atoms with Crippen molar-refractivity contribution in [2.75, 3.05) is 20.6 Å². The summed E-state index contributed by atoms with van der Waals surface area (Å²) in [5, 5.41) is 12.0. The number of hydrogen-bond acceptors (Lipinski definition) is 5. The van der Waals surface area contributed by atoms with Gasteiger partial charge in [0.15, 0.2) is 23.4 Å². The van der Waals surface area contributed by atoms with Crippen molar-refractivity contribution in [3.05, 3.63) is 23.3 Å². The lowest BCUT2D eigenvalue weighted by atomic mass is 9.49. The number of likely N-dealkylation sites (tertiary alicyclic amines) is 1. The first-order valence-corrected chi connectivity index (χ1v) is 7.80. The van der Waals surface area contributed by atoms with Gasteiger partial charge in [-0.3, -0.25) is 4.79 Å². The standard InChI is InChI=1S/C18H21NO4/c1-19-8-7-17-14-10-3-4-12(22-2)15(14)23-16(17)11(20)5-6-18(17,21)13(19)9-10/h3-4,13,16,21H,5-9H2,1-2H3/t13-,16?,17+,18-/m1/s1/i1D3,2D3,13D. The smallest absolute Gasteiger partial charge is 0.174 e. The van der Waals surface area contributed by atoms with Gasteiger partial charge in [-0.05, 0) is 44.4 Å². The lowest BCUT2D eigenvalue weighted by Gasteiger charge is -2.62. The minimum absolute atomic E-state index is 0.0291. The zero-order valence-corrected chi connectivity index (χ0v) is 12.4. The summed E-state index contributed by atoms with van der Waals surface area (Å²) in [4.78, 5) is 13.9. The van der Waals surface area contributed by atoms with Gasteiger partial charge in [0.1, 0.15) is 0 Å². The molecule has 23 heavy (non-hydrogen) atoms. The highest BCUT2D eigenvalue weighted by Gasteiger charge is 2.72. The molecule has 2 fully saturated rings. The molecular weight excluding hydrogens is 294 g/mol. The molecule has 1 saturated heterocycles. The Morgan fingerprint density at radius 3 is 3.26 bits per heavy atom. The van der Waals surface area contributed by atoms with Crippen molar-refractivity contribution in [3.63, 3.8) is 0 Å². The number of likely N-dealkylation sites (N-methyl/N-ethyl adjacent to an activating group) is 1. The fourth-order valence-corrected chi connectivity index (χ4v) is 5.14. The molecule has 5 rings (SSSR count). The normalized spacial score (nSPS) is 49.3. The topological polar surface area (TPSA) is 59.0 Å². The fraction of sp³-hybridized carbons (Fsp3) is 0.611. The van der Waals surface area contributed by atoms with Gasteiger partial charge in [0.25, 0.3) is 0 Å². The summed E-state index contributed by atoms with van der Waals surface area (Å²) in [5.74, 6) is -0.205. The Bertz CT molecular complexity index is 963. The highest BCUT2D eigenvalue weighted by Crippen LogP contribution is 2.64. The zero-order valence-electron chi connectivity index (χ0n) is 19.4. The quantitative estimate of drug-likeness (QED) is 0.837. The van der Waals surface area contributed by atoms with Crippen molar-refractivity contribution in [2.45, 2.75) is 48.8 Å². The van der Waals surface area contributed by atoms with Crippen LogP contribution in [0.1, 0.15) is 40.0 Å². The molecular formula is C18H21NO4. The predicted molar refractivity (Wildman–Crippen MR) is 83.0 cm³/mol. The van der Waals surface area contributed by atoms with Crippen molar-refractivity contribution in [1.29, 1.82) is 0 Å². The van der Waals surface area contributed by atoms with Crippen molar-refractivity contribution >= 4 is 5.78 Å². The molecule has 1 aromatic rings. The molecule has 0 amide bonds. The van der Waals surface area contributed by atoms with Crippen LogP contribution in [0.25, 0.3) is 0 Å². The number of aliphatic hydroxyl groups is 1. The van der Waals surface area contributed by atoms with Gasteiger partial charge in [0.2, 0.25) is 0 Å². The van der Waals surface area contributed by atoms with Crippen LogP contribution in [-0.4, -0.2) is 54.1 Å². The zero-order chi connectivity index (χ0) is 21.9. The van der Waals surface area contributed by atoms with Crippen molar-refractivity contribution in [1.82, 2.24) is 4.90 Å². The van der Waals surface area contributed by atoms with E-state index in [-0.39, 0.29) is 49.5 Å². The minimum Gasteiger partial charge on any atom is -0.493 e. The van der Waals surface area contributed by atoms with Crippen LogP contribution >= 0.6 is 0 Å². The Morgan fingerprint density at radius 2 is 2.43 bits per heavy atom. The van der Waals surface area contributed by atoms with Crippen LogP contribution in [0.2, 0.25) is 0 Å². The maximum atomic E-state index is 12.9. The molecule has 5 nitrogen and oxygen atoms in total. The maximum Gasteiger partial charge on any atom is 0.174 e. The first kappa shape index (κ1) is 8.49. The molecule has 5 heteroatoms. The number of methoxy groups -OCH3 is 1. The van der Waals surface area contributed by atoms with Crippen LogP contribution in [0.3, 0.4) is 0 Å². The van der Waals surface area contributed by atoms with Crippen LogP contribution in [0.15, 0.2) is 12.1 Å². The average Bonchev–Trinajstić information content (AvgIpc) is 2.94. The Morgan fingerprint density at radius 1 is 1.52 bits per heavy atom. The number of ketones is 1. The van der Waals surface area contributed by atoms with E-state index in [1.165, 1.54) is 6.07 Å². The number of benzene rings is 1. The molecule has 1 aromatic carbocycles. The van der Waals surface area contributed by atoms with Crippen LogP contribution in [0.4, 0.5) is 0 Å². The largest absolute Gasteiger partial charge is 0.493 e. The van der Waals surface area contributed by atoms with E-state index in [1.54, 1.807) is 6.07 Å². The number of piperidine rings is 1. The van der Waals surface area contributed by atoms with E-state index in [0.717, 1.165) is 4.90 Å². The van der Waals surface area contributed by atoms with Crippen LogP contribution in [-0.2, 0) is 16.6 Å². The second-order valence-corrected chi connectivity index (χ2v) is 6.85. The molecule has 2 heterocycles. The van der Waals surface area contributed by atoms with Gasteiger partial charge in [0.05, 0.1) is 23.5 Å². The van der Waals surface area contributed by atoms with Gasteiger partial charge in [-0.1, -0.05) is 6.07 Å². The van der Waals surface area contributed by atoms with Crippen molar-refractivity contribution < 1.29 is 29.0 Å². The van der Waals surface area contributed by atoms with Gasteiger partial charge in [-0.25, -0.2) is 0 Å². The molecule has 122 valence electrons. The highest BCUT2D eigenvalue weighted by molar-refractivity contribution is 5.90. The Balaban J connectivity index is 1.79. The molecule has 2 bridgehead atoms. The van der Waals surface area contributed by atoms with E-state index in [9.17, 15) is 11.3 Å².